The van der Waals surface area contributed by atoms with E-state index in [0.717, 1.165) is 13.1 Å². The second-order valence-corrected chi connectivity index (χ2v) is 6.76. The normalized spacial score (nSPS) is 26.1. The van der Waals surface area contributed by atoms with Gasteiger partial charge in [-0.25, -0.2) is 0 Å². The van der Waals surface area contributed by atoms with Crippen LogP contribution in [-0.4, -0.2) is 24.7 Å². The van der Waals surface area contributed by atoms with E-state index in [1.807, 2.05) is 0 Å². The van der Waals surface area contributed by atoms with Crippen molar-refractivity contribution in [3.05, 3.63) is 29.8 Å². The maximum Gasteiger partial charge on any atom is 0.0412 e. The van der Waals surface area contributed by atoms with Gasteiger partial charge in [0.1, 0.15) is 0 Å². The van der Waals surface area contributed by atoms with E-state index in [4.69, 9.17) is 0 Å². The molecule has 2 atom stereocenters. The maximum atomic E-state index is 3.74. The Hall–Kier alpha value is -1.02. The Kier molecular flexibility index (Phi) is 5.69. The van der Waals surface area contributed by atoms with Crippen LogP contribution in [0.4, 0.5) is 5.69 Å². The van der Waals surface area contributed by atoms with Crippen LogP contribution in [0.1, 0.15) is 58.9 Å². The number of hydrogen-bond acceptors (Lipinski definition) is 2. The summed E-state index contributed by atoms with van der Waals surface area (Å²) in [6, 6.07) is 9.92. The SMILES string of the molecule is CCCCc1ccc(N2CC(C)(CC)NCC2CC)cc1. The van der Waals surface area contributed by atoms with Crippen molar-refractivity contribution in [3.63, 3.8) is 0 Å². The van der Waals surface area contributed by atoms with E-state index in [1.165, 1.54) is 43.4 Å². The summed E-state index contributed by atoms with van der Waals surface area (Å²) < 4.78 is 0. The maximum absolute atomic E-state index is 3.74. The second kappa shape index (κ2) is 7.31. The van der Waals surface area contributed by atoms with Gasteiger partial charge in [-0.3, -0.25) is 0 Å². The molecule has 1 aromatic carbocycles. The summed E-state index contributed by atoms with van der Waals surface area (Å²) in [6.45, 7) is 11.4. The Morgan fingerprint density at radius 3 is 2.48 bits per heavy atom. The third-order valence-corrected chi connectivity index (χ3v) is 5.06. The van der Waals surface area contributed by atoms with Crippen LogP contribution < -0.4 is 10.2 Å². The number of nitrogens with zero attached hydrogens (tertiary/aromatic N) is 1. The lowest BCUT2D eigenvalue weighted by molar-refractivity contribution is 0.276. The average Bonchev–Trinajstić information content (AvgIpc) is 2.53. The van der Waals surface area contributed by atoms with Crippen LogP contribution in [0.15, 0.2) is 24.3 Å². The molecule has 2 nitrogen and oxygen atoms in total. The predicted molar refractivity (Wildman–Crippen MR) is 93.2 cm³/mol. The van der Waals surface area contributed by atoms with Crippen LogP contribution in [0, 0.1) is 0 Å². The highest BCUT2D eigenvalue weighted by Gasteiger charge is 2.33. The Morgan fingerprint density at radius 1 is 1.19 bits per heavy atom. The van der Waals surface area contributed by atoms with Crippen molar-refractivity contribution in [2.24, 2.45) is 0 Å². The van der Waals surface area contributed by atoms with Gasteiger partial charge in [0.25, 0.3) is 0 Å². The van der Waals surface area contributed by atoms with E-state index in [9.17, 15) is 0 Å². The fourth-order valence-corrected chi connectivity index (χ4v) is 3.17. The topological polar surface area (TPSA) is 15.3 Å². The molecule has 0 bridgehead atoms. The molecule has 21 heavy (non-hydrogen) atoms. The highest BCUT2D eigenvalue weighted by Crippen LogP contribution is 2.27. The molecule has 0 spiro atoms. The Morgan fingerprint density at radius 2 is 1.90 bits per heavy atom. The minimum absolute atomic E-state index is 0.243. The number of anilines is 1. The summed E-state index contributed by atoms with van der Waals surface area (Å²) in [6.07, 6.45) is 6.14. The molecule has 1 aliphatic rings. The van der Waals surface area contributed by atoms with Crippen molar-refractivity contribution in [2.45, 2.75) is 71.4 Å². The molecule has 1 heterocycles. The second-order valence-electron chi connectivity index (χ2n) is 6.76. The van der Waals surface area contributed by atoms with Crippen molar-refractivity contribution in [1.29, 1.82) is 0 Å². The molecule has 0 amide bonds. The monoisotopic (exact) mass is 288 g/mol. The molecule has 118 valence electrons. The van der Waals surface area contributed by atoms with Gasteiger partial charge in [0.15, 0.2) is 0 Å². The first-order chi connectivity index (χ1) is 10.1. The Bertz CT molecular complexity index is 426. The van der Waals surface area contributed by atoms with E-state index in [1.54, 1.807) is 0 Å². The van der Waals surface area contributed by atoms with Gasteiger partial charge in [0.2, 0.25) is 0 Å². The summed E-state index contributed by atoms with van der Waals surface area (Å²) in [5.74, 6) is 0. The van der Waals surface area contributed by atoms with E-state index in [2.05, 4.69) is 62.2 Å². The minimum atomic E-state index is 0.243. The van der Waals surface area contributed by atoms with Gasteiger partial charge in [-0.15, -0.1) is 0 Å². The van der Waals surface area contributed by atoms with Crippen LogP contribution in [0.5, 0.6) is 0 Å². The van der Waals surface area contributed by atoms with Crippen molar-refractivity contribution >= 4 is 5.69 Å². The fraction of sp³-hybridized carbons (Fsp3) is 0.684. The van der Waals surface area contributed by atoms with Gasteiger partial charge >= 0.3 is 0 Å². The quantitative estimate of drug-likeness (QED) is 0.835. The lowest BCUT2D eigenvalue weighted by atomic mass is 9.92. The van der Waals surface area contributed by atoms with Crippen LogP contribution in [0.3, 0.4) is 0 Å². The molecule has 2 unspecified atom stereocenters. The standard InChI is InChI=1S/C19H32N2/c1-5-8-9-16-10-12-18(13-11-16)21-15-19(4,7-3)20-14-17(21)6-2/h10-13,17,20H,5-9,14-15H2,1-4H3. The predicted octanol–water partition coefficient (Wildman–Crippen LogP) is 4.39. The van der Waals surface area contributed by atoms with Gasteiger partial charge in [-0.2, -0.15) is 0 Å². The molecule has 1 saturated heterocycles. The summed E-state index contributed by atoms with van der Waals surface area (Å²) in [7, 11) is 0. The molecular formula is C19H32N2. The number of hydrogen-bond donors (Lipinski definition) is 1. The van der Waals surface area contributed by atoms with E-state index in [-0.39, 0.29) is 5.54 Å². The zero-order valence-corrected chi connectivity index (χ0v) is 14.3. The van der Waals surface area contributed by atoms with Crippen molar-refractivity contribution in [1.82, 2.24) is 5.32 Å². The molecule has 1 aromatic rings. The highest BCUT2D eigenvalue weighted by atomic mass is 15.3. The number of piperazine rings is 1. The molecule has 2 heteroatoms. The summed E-state index contributed by atoms with van der Waals surface area (Å²) in [5, 5.41) is 3.74. The first-order valence-electron chi connectivity index (χ1n) is 8.72. The fourth-order valence-electron chi connectivity index (χ4n) is 3.17. The number of nitrogens with one attached hydrogen (secondary N) is 1. The largest absolute Gasteiger partial charge is 0.365 e. The van der Waals surface area contributed by atoms with Gasteiger partial charge in [-0.1, -0.05) is 39.3 Å². The van der Waals surface area contributed by atoms with Gasteiger partial charge < -0.3 is 10.2 Å². The Balaban J connectivity index is 2.12. The molecular weight excluding hydrogens is 256 g/mol. The number of benzene rings is 1. The summed E-state index contributed by atoms with van der Waals surface area (Å²) in [5.41, 5.74) is 3.11. The molecule has 1 fully saturated rings. The zero-order valence-electron chi connectivity index (χ0n) is 14.3. The Labute approximate surface area is 130 Å². The van der Waals surface area contributed by atoms with E-state index in [0.29, 0.717) is 6.04 Å². The van der Waals surface area contributed by atoms with Crippen LogP contribution in [0.25, 0.3) is 0 Å². The van der Waals surface area contributed by atoms with Crippen molar-refractivity contribution in [3.8, 4) is 0 Å². The first-order valence-corrected chi connectivity index (χ1v) is 8.72. The third-order valence-electron chi connectivity index (χ3n) is 5.06. The third kappa shape index (κ3) is 4.00. The lowest BCUT2D eigenvalue weighted by Crippen LogP contribution is -2.62. The van der Waals surface area contributed by atoms with Crippen molar-refractivity contribution < 1.29 is 0 Å². The minimum Gasteiger partial charge on any atom is -0.365 e. The zero-order chi connectivity index (χ0) is 15.3. The molecule has 0 saturated carbocycles. The molecule has 0 aliphatic carbocycles. The summed E-state index contributed by atoms with van der Waals surface area (Å²) >= 11 is 0. The molecule has 0 radical (unpaired) electrons. The number of rotatable bonds is 6. The van der Waals surface area contributed by atoms with Crippen LogP contribution in [0.2, 0.25) is 0 Å². The average molecular weight is 288 g/mol. The van der Waals surface area contributed by atoms with Gasteiger partial charge in [0.05, 0.1) is 0 Å². The van der Waals surface area contributed by atoms with E-state index >= 15 is 0 Å². The smallest absolute Gasteiger partial charge is 0.0412 e. The summed E-state index contributed by atoms with van der Waals surface area (Å²) in [4.78, 5) is 2.61. The molecule has 0 aromatic heterocycles. The lowest BCUT2D eigenvalue weighted by Gasteiger charge is -2.47. The van der Waals surface area contributed by atoms with Gasteiger partial charge in [0, 0.05) is 30.4 Å². The van der Waals surface area contributed by atoms with Gasteiger partial charge in [-0.05, 0) is 50.3 Å². The highest BCUT2D eigenvalue weighted by molar-refractivity contribution is 5.50. The first kappa shape index (κ1) is 16.4. The van der Waals surface area contributed by atoms with E-state index < -0.39 is 0 Å². The van der Waals surface area contributed by atoms with Crippen LogP contribution >= 0.6 is 0 Å². The molecule has 1 N–H and O–H groups in total. The molecule has 2 rings (SSSR count). The van der Waals surface area contributed by atoms with Crippen LogP contribution in [-0.2, 0) is 6.42 Å². The molecule has 1 aliphatic heterocycles. The number of aryl methyl sites for hydroxylation is 1. The van der Waals surface area contributed by atoms with Crippen molar-refractivity contribution in [2.75, 3.05) is 18.0 Å². The number of unbranched alkanes of at least 4 members (excludes halogenated alkanes) is 1.